The smallest absolute Gasteiger partial charge is 0.0246 e. The van der Waals surface area contributed by atoms with Gasteiger partial charge in [-0.3, -0.25) is 0 Å². The third kappa shape index (κ3) is 2.63. The lowest BCUT2D eigenvalue weighted by atomic mass is 9.97. The van der Waals surface area contributed by atoms with Crippen molar-refractivity contribution in [1.82, 2.24) is 0 Å². The Balaban J connectivity index is 2.95. The number of hydrogen-bond donors (Lipinski definition) is 0. The van der Waals surface area contributed by atoms with E-state index in [4.69, 9.17) is 0 Å². The molecule has 1 atom stereocenters. The first kappa shape index (κ1) is 10.9. The van der Waals surface area contributed by atoms with Gasteiger partial charge in [0.05, 0.1) is 0 Å². The third-order valence-electron chi connectivity index (χ3n) is 2.29. The zero-order valence-corrected chi connectivity index (χ0v) is 10.1. The van der Waals surface area contributed by atoms with Crippen molar-refractivity contribution >= 4 is 11.8 Å². The average molecular weight is 196 g/mol. The summed E-state index contributed by atoms with van der Waals surface area (Å²) >= 11 is 2.02. The Morgan fingerprint density at radius 1 is 1.15 bits per heavy atom. The van der Waals surface area contributed by atoms with Gasteiger partial charge in [-0.1, -0.05) is 39.8 Å². The summed E-state index contributed by atoms with van der Waals surface area (Å²) in [6, 6.07) is 0. The molecule has 0 fully saturated rings. The summed E-state index contributed by atoms with van der Waals surface area (Å²) < 4.78 is 0. The van der Waals surface area contributed by atoms with Crippen molar-refractivity contribution in [3.63, 3.8) is 0 Å². The molecule has 1 rings (SSSR count). The highest BCUT2D eigenvalue weighted by molar-refractivity contribution is 8.03. The van der Waals surface area contributed by atoms with Gasteiger partial charge in [0, 0.05) is 5.25 Å². The van der Waals surface area contributed by atoms with Crippen LogP contribution < -0.4 is 0 Å². The molecule has 1 aliphatic rings. The maximum atomic E-state index is 2.32. The van der Waals surface area contributed by atoms with Gasteiger partial charge in [-0.15, -0.1) is 11.8 Å². The zero-order chi connectivity index (χ0) is 10.0. The summed E-state index contributed by atoms with van der Waals surface area (Å²) in [5.41, 5.74) is 1.54. The van der Waals surface area contributed by atoms with E-state index in [0.717, 1.165) is 0 Å². The lowest BCUT2D eigenvalue weighted by Crippen LogP contribution is -2.08. The molecule has 74 valence electrons. The molecule has 0 aromatic rings. The van der Waals surface area contributed by atoms with Gasteiger partial charge < -0.3 is 0 Å². The summed E-state index contributed by atoms with van der Waals surface area (Å²) in [6.07, 6.45) is 4.63. The largest absolute Gasteiger partial charge is 0.123 e. The minimum absolute atomic E-state index is 0.653. The van der Waals surface area contributed by atoms with Crippen LogP contribution in [-0.2, 0) is 0 Å². The van der Waals surface area contributed by atoms with Crippen LogP contribution in [0.5, 0.6) is 0 Å². The van der Waals surface area contributed by atoms with Gasteiger partial charge in [0.1, 0.15) is 0 Å². The van der Waals surface area contributed by atoms with E-state index in [9.17, 15) is 0 Å². The van der Waals surface area contributed by atoms with E-state index in [1.165, 1.54) is 5.57 Å². The van der Waals surface area contributed by atoms with E-state index in [1.807, 2.05) is 11.8 Å². The summed E-state index contributed by atoms with van der Waals surface area (Å²) in [4.78, 5) is 1.59. The van der Waals surface area contributed by atoms with E-state index in [1.54, 1.807) is 4.91 Å². The van der Waals surface area contributed by atoms with Crippen LogP contribution in [0.4, 0.5) is 0 Å². The molecule has 13 heavy (non-hydrogen) atoms. The van der Waals surface area contributed by atoms with Crippen LogP contribution >= 0.6 is 11.8 Å². The molecule has 0 aromatic carbocycles. The highest BCUT2D eigenvalue weighted by Gasteiger charge is 2.18. The third-order valence-corrected chi connectivity index (χ3v) is 3.78. The highest BCUT2D eigenvalue weighted by atomic mass is 32.2. The van der Waals surface area contributed by atoms with Crippen LogP contribution in [0.2, 0.25) is 0 Å². The van der Waals surface area contributed by atoms with Crippen molar-refractivity contribution in [2.24, 2.45) is 11.8 Å². The Hall–Kier alpha value is -0.170. The summed E-state index contributed by atoms with van der Waals surface area (Å²) in [7, 11) is 0. The molecule has 0 nitrogen and oxygen atoms in total. The van der Waals surface area contributed by atoms with Crippen LogP contribution in [0.3, 0.4) is 0 Å². The van der Waals surface area contributed by atoms with Crippen LogP contribution in [-0.4, -0.2) is 5.25 Å². The molecule has 1 heterocycles. The average Bonchev–Trinajstić information content (AvgIpc) is 2.03. The van der Waals surface area contributed by atoms with Crippen molar-refractivity contribution < 1.29 is 0 Å². The number of hydrogen-bond acceptors (Lipinski definition) is 1. The van der Waals surface area contributed by atoms with Crippen LogP contribution in [0.1, 0.15) is 34.6 Å². The molecule has 1 aliphatic heterocycles. The van der Waals surface area contributed by atoms with Crippen molar-refractivity contribution in [1.29, 1.82) is 0 Å². The van der Waals surface area contributed by atoms with Crippen molar-refractivity contribution in [2.75, 3.05) is 0 Å². The Morgan fingerprint density at radius 3 is 2.23 bits per heavy atom. The van der Waals surface area contributed by atoms with E-state index < -0.39 is 0 Å². The number of rotatable bonds is 2. The van der Waals surface area contributed by atoms with Crippen molar-refractivity contribution in [3.8, 4) is 0 Å². The summed E-state index contributed by atoms with van der Waals surface area (Å²) in [6.45, 7) is 11.4. The fourth-order valence-corrected chi connectivity index (χ4v) is 2.84. The first-order valence-electron chi connectivity index (χ1n) is 5.11. The van der Waals surface area contributed by atoms with Gasteiger partial charge in [-0.05, 0) is 29.2 Å². The SMILES string of the molecule is CC(C)C1=C(C(C)C)S[C@H](C)C=C1. The molecule has 0 radical (unpaired) electrons. The zero-order valence-electron chi connectivity index (χ0n) is 9.29. The van der Waals surface area contributed by atoms with E-state index in [-0.39, 0.29) is 0 Å². The Labute approximate surface area is 86.5 Å². The van der Waals surface area contributed by atoms with E-state index in [0.29, 0.717) is 17.1 Å². The molecule has 1 heteroatoms. The lowest BCUT2D eigenvalue weighted by Gasteiger charge is -2.24. The standard InChI is InChI=1S/C12H20S/c1-8(2)11-7-6-10(5)13-12(11)9(3)4/h6-10H,1-5H3/t10-/m1/s1. The predicted octanol–water partition coefficient (Wildman–Crippen LogP) is 4.24. The first-order valence-corrected chi connectivity index (χ1v) is 5.99. The second-order valence-electron chi connectivity index (χ2n) is 4.31. The van der Waals surface area contributed by atoms with E-state index >= 15 is 0 Å². The first-order chi connectivity index (χ1) is 6.02. The van der Waals surface area contributed by atoms with Gasteiger partial charge in [-0.25, -0.2) is 0 Å². The second kappa shape index (κ2) is 4.36. The Bertz CT molecular complexity index is 234. The topological polar surface area (TPSA) is 0 Å². The molecule has 0 aromatic heterocycles. The lowest BCUT2D eigenvalue weighted by molar-refractivity contribution is 0.736. The van der Waals surface area contributed by atoms with Crippen LogP contribution in [0.15, 0.2) is 22.6 Å². The van der Waals surface area contributed by atoms with Crippen LogP contribution in [0.25, 0.3) is 0 Å². The van der Waals surface area contributed by atoms with Gasteiger partial charge in [-0.2, -0.15) is 0 Å². The molecule has 0 N–H and O–H groups in total. The number of thioether (sulfide) groups is 1. The fourth-order valence-electron chi connectivity index (χ4n) is 1.58. The Morgan fingerprint density at radius 2 is 1.77 bits per heavy atom. The molecule has 0 bridgehead atoms. The quantitative estimate of drug-likeness (QED) is 0.636. The molecular formula is C12H20S. The van der Waals surface area contributed by atoms with Gasteiger partial charge in [0.15, 0.2) is 0 Å². The predicted molar refractivity (Wildman–Crippen MR) is 62.9 cm³/mol. The maximum Gasteiger partial charge on any atom is 0.0246 e. The normalized spacial score (nSPS) is 23.5. The molecule has 0 saturated carbocycles. The number of allylic oxidation sites excluding steroid dienone is 3. The highest BCUT2D eigenvalue weighted by Crippen LogP contribution is 2.38. The Kier molecular flexibility index (Phi) is 3.66. The maximum absolute atomic E-state index is 2.32. The monoisotopic (exact) mass is 196 g/mol. The van der Waals surface area contributed by atoms with Gasteiger partial charge in [0.2, 0.25) is 0 Å². The second-order valence-corrected chi connectivity index (χ2v) is 5.73. The summed E-state index contributed by atoms with van der Waals surface area (Å²) in [5, 5.41) is 0.653. The molecular weight excluding hydrogens is 176 g/mol. The van der Waals surface area contributed by atoms with Gasteiger partial charge >= 0.3 is 0 Å². The minimum atomic E-state index is 0.653. The molecule has 0 amide bonds. The molecule has 0 spiro atoms. The van der Waals surface area contributed by atoms with Gasteiger partial charge in [0.25, 0.3) is 0 Å². The summed E-state index contributed by atoms with van der Waals surface area (Å²) in [5.74, 6) is 1.34. The molecule has 0 aliphatic carbocycles. The molecule has 0 unspecified atom stereocenters. The fraction of sp³-hybridized carbons (Fsp3) is 0.667. The van der Waals surface area contributed by atoms with Crippen molar-refractivity contribution in [3.05, 3.63) is 22.6 Å². The van der Waals surface area contributed by atoms with Crippen LogP contribution in [0, 0.1) is 11.8 Å². The minimum Gasteiger partial charge on any atom is -0.123 e. The van der Waals surface area contributed by atoms with Crippen molar-refractivity contribution in [2.45, 2.75) is 39.9 Å². The van der Waals surface area contributed by atoms with E-state index in [2.05, 4.69) is 46.8 Å². The molecule has 0 saturated heterocycles.